The van der Waals surface area contributed by atoms with Crippen LogP contribution >= 0.6 is 0 Å². The lowest BCUT2D eigenvalue weighted by Crippen LogP contribution is -1.91. The molecular weight excluding hydrogens is 520 g/mol. The molecule has 1 nitrogen and oxygen atoms in total. The van der Waals surface area contributed by atoms with Crippen LogP contribution in [0, 0.1) is 0 Å². The highest BCUT2D eigenvalue weighted by Gasteiger charge is 2.20. The van der Waals surface area contributed by atoms with Crippen LogP contribution in [0.15, 0.2) is 162 Å². The van der Waals surface area contributed by atoms with E-state index in [1.807, 2.05) is 91.0 Å². The minimum Gasteiger partial charge on any atom is -0.455 e. The largest absolute Gasteiger partial charge is 0.455 e. The van der Waals surface area contributed by atoms with Crippen molar-refractivity contribution in [3.05, 3.63) is 157 Å². The van der Waals surface area contributed by atoms with Gasteiger partial charge >= 0.3 is 0 Å². The van der Waals surface area contributed by atoms with Crippen LogP contribution in [0.3, 0.4) is 0 Å². The minimum absolute atomic E-state index is 0.0153. The minimum atomic E-state index is -0.633. The van der Waals surface area contributed by atoms with Crippen LogP contribution in [0.4, 0.5) is 0 Å². The summed E-state index contributed by atoms with van der Waals surface area (Å²) >= 11 is 0. The van der Waals surface area contributed by atoms with E-state index in [4.69, 9.17) is 14.0 Å². The zero-order valence-electron chi connectivity index (χ0n) is 33.6. The Morgan fingerprint density at radius 2 is 0.977 bits per heavy atom. The fourth-order valence-corrected chi connectivity index (χ4v) is 6.10. The highest BCUT2D eigenvalue weighted by atomic mass is 16.3. The van der Waals surface area contributed by atoms with Crippen molar-refractivity contribution in [1.29, 1.82) is 0 Å². The summed E-state index contributed by atoms with van der Waals surface area (Å²) in [6, 6.07) is 22.9. The summed E-state index contributed by atoms with van der Waals surface area (Å²) in [4.78, 5) is 0. The maximum atomic E-state index is 9.40. The van der Waals surface area contributed by atoms with Gasteiger partial charge in [-0.05, 0) is 66.7 Å². The summed E-state index contributed by atoms with van der Waals surface area (Å²) < 4.78 is 104. The van der Waals surface area contributed by atoms with Gasteiger partial charge in [-0.2, -0.15) is 0 Å². The van der Waals surface area contributed by atoms with E-state index in [0.717, 1.165) is 38.3 Å². The first-order chi connectivity index (χ1) is 25.9. The molecule has 0 spiro atoms. The summed E-state index contributed by atoms with van der Waals surface area (Å²) in [5, 5.41) is 4.23. The highest BCUT2D eigenvalue weighted by molar-refractivity contribution is 6.24. The molecule has 0 unspecified atom stereocenters. The average Bonchev–Trinajstić information content (AvgIpc) is 3.57. The third-order valence-corrected chi connectivity index (χ3v) is 7.98. The van der Waals surface area contributed by atoms with Crippen LogP contribution in [0.2, 0.25) is 0 Å². The number of rotatable bonds is 3. The molecule has 0 atom stereocenters. The topological polar surface area (TPSA) is 13.1 Å². The Labute approximate surface area is 264 Å². The fourth-order valence-electron chi connectivity index (χ4n) is 6.10. The molecule has 0 saturated carbocycles. The lowest BCUT2D eigenvalue weighted by Gasteiger charge is -2.18. The molecule has 0 radical (unpaired) electrons. The molecule has 9 rings (SSSR count). The van der Waals surface area contributed by atoms with Crippen LogP contribution in [0.1, 0.15) is 15.1 Å². The fraction of sp³-hybridized carbons (Fsp3) is 0. The van der Waals surface area contributed by atoms with Crippen molar-refractivity contribution in [2.45, 2.75) is 0 Å². The number of para-hydroxylation sites is 2. The first-order valence-electron chi connectivity index (χ1n) is 19.4. The van der Waals surface area contributed by atoms with Crippen molar-refractivity contribution in [3.63, 3.8) is 0 Å². The zero-order valence-corrected chi connectivity index (χ0v) is 22.6. The van der Waals surface area contributed by atoms with E-state index in [-0.39, 0.29) is 16.3 Å². The van der Waals surface area contributed by atoms with Crippen LogP contribution in [0.5, 0.6) is 0 Å². The van der Waals surface area contributed by atoms with Gasteiger partial charge in [0.25, 0.3) is 0 Å². The maximum absolute atomic E-state index is 9.40. The van der Waals surface area contributed by atoms with Gasteiger partial charge in [-0.1, -0.05) is 145 Å². The summed E-state index contributed by atoms with van der Waals surface area (Å²) in [6.45, 7) is 0. The normalized spacial score (nSPS) is 15.3. The molecule has 43 heavy (non-hydrogen) atoms. The zero-order chi connectivity index (χ0) is 37.9. The lowest BCUT2D eigenvalue weighted by molar-refractivity contribution is 0.670. The number of fused-ring (bicyclic) bond motifs is 6. The molecule has 1 heterocycles. The Bertz CT molecular complexity index is 3040. The van der Waals surface area contributed by atoms with Crippen molar-refractivity contribution in [2.75, 3.05) is 0 Å². The second-order valence-corrected chi connectivity index (χ2v) is 10.4. The van der Waals surface area contributed by atoms with Crippen molar-refractivity contribution in [2.24, 2.45) is 0 Å². The van der Waals surface area contributed by atoms with E-state index >= 15 is 0 Å². The number of hydrogen-bond donors (Lipinski definition) is 0. The van der Waals surface area contributed by atoms with Crippen molar-refractivity contribution >= 4 is 54.3 Å². The third kappa shape index (κ3) is 3.72. The quantitative estimate of drug-likeness (QED) is 0.197. The molecule has 0 aliphatic carbocycles. The van der Waals surface area contributed by atoms with Crippen molar-refractivity contribution in [3.8, 4) is 33.4 Å². The van der Waals surface area contributed by atoms with Gasteiger partial charge in [-0.25, -0.2) is 0 Å². The van der Waals surface area contributed by atoms with Crippen LogP contribution < -0.4 is 0 Å². The van der Waals surface area contributed by atoms with Crippen LogP contribution in [-0.4, -0.2) is 0 Å². The van der Waals surface area contributed by atoms with Gasteiger partial charge in [-0.15, -0.1) is 0 Å². The standard InChI is InChI=1S/C42H26O/c1-2-11-30-26-31(25-22-27(30)10-1)28-20-23-29(24-21-28)40-33-13-3-5-15-35(33)41(36-16-6-4-14-34(36)40)38-18-9-17-37-32-12-7-8-19-39(32)43-42(37)38/h1-26H/i1D,2D,10D,11D,20D,21D,22D,23D,24D,25D,26D. The SMILES string of the molecule is [2H]c1c([2H])c(-c2c3ccccc3c(-c3cccc4c3oc3ccccc34)c3ccccc23)c([2H])c([2H])c1-c1c([2H])c([2H])c2c([2H])c([2H])c([2H])c([2H])c2c1[2H]. The molecule has 8 aromatic carbocycles. The van der Waals surface area contributed by atoms with E-state index in [0.29, 0.717) is 21.9 Å². The Balaban J connectivity index is 1.37. The van der Waals surface area contributed by atoms with Gasteiger partial charge < -0.3 is 4.42 Å². The van der Waals surface area contributed by atoms with Gasteiger partial charge in [0.05, 0.1) is 15.1 Å². The van der Waals surface area contributed by atoms with Gasteiger partial charge in [0, 0.05) is 21.9 Å². The van der Waals surface area contributed by atoms with E-state index in [2.05, 4.69) is 0 Å². The highest BCUT2D eigenvalue weighted by Crippen LogP contribution is 2.46. The molecule has 0 saturated heterocycles. The summed E-state index contributed by atoms with van der Waals surface area (Å²) in [5.74, 6) is 0. The summed E-state index contributed by atoms with van der Waals surface area (Å²) in [6.07, 6.45) is 0. The van der Waals surface area contributed by atoms with E-state index in [9.17, 15) is 5.48 Å². The molecule has 9 aromatic rings. The first-order valence-corrected chi connectivity index (χ1v) is 13.9. The predicted molar refractivity (Wildman–Crippen MR) is 183 cm³/mol. The predicted octanol–water partition coefficient (Wildman–Crippen LogP) is 12.0. The van der Waals surface area contributed by atoms with Gasteiger partial charge in [0.15, 0.2) is 0 Å². The third-order valence-electron chi connectivity index (χ3n) is 7.98. The molecule has 0 fully saturated rings. The molecule has 0 N–H and O–H groups in total. The van der Waals surface area contributed by atoms with Gasteiger partial charge in [0.2, 0.25) is 0 Å². The maximum Gasteiger partial charge on any atom is 0.143 e. The Morgan fingerprint density at radius 3 is 1.70 bits per heavy atom. The molecule has 200 valence electrons. The number of hydrogen-bond acceptors (Lipinski definition) is 1. The van der Waals surface area contributed by atoms with E-state index < -0.39 is 77.6 Å². The number of furan rings is 1. The first kappa shape index (κ1) is 15.5. The molecule has 0 aliphatic rings. The molecule has 0 amide bonds. The lowest BCUT2D eigenvalue weighted by atomic mass is 9.85. The second-order valence-electron chi connectivity index (χ2n) is 10.4. The average molecular weight is 558 g/mol. The smallest absolute Gasteiger partial charge is 0.143 e. The molecular formula is C42H26O. The van der Waals surface area contributed by atoms with Gasteiger partial charge in [-0.3, -0.25) is 0 Å². The van der Waals surface area contributed by atoms with E-state index in [1.165, 1.54) is 0 Å². The molecule has 1 heteroatoms. The van der Waals surface area contributed by atoms with Crippen LogP contribution in [0.25, 0.3) is 87.6 Å². The van der Waals surface area contributed by atoms with Gasteiger partial charge in [0.1, 0.15) is 11.2 Å². The monoisotopic (exact) mass is 557 g/mol. The molecule has 0 aliphatic heterocycles. The summed E-state index contributed by atoms with van der Waals surface area (Å²) in [5.41, 5.74) is 2.87. The number of benzene rings is 8. The Morgan fingerprint density at radius 1 is 0.419 bits per heavy atom. The summed E-state index contributed by atoms with van der Waals surface area (Å²) in [7, 11) is 0. The molecule has 1 aromatic heterocycles. The van der Waals surface area contributed by atoms with Crippen molar-refractivity contribution < 1.29 is 19.5 Å². The Hall–Kier alpha value is -5.66. The molecule has 0 bridgehead atoms. The Kier molecular flexibility index (Phi) is 3.41. The van der Waals surface area contributed by atoms with Crippen molar-refractivity contribution in [1.82, 2.24) is 0 Å². The van der Waals surface area contributed by atoms with Crippen LogP contribution in [-0.2, 0) is 0 Å². The second kappa shape index (κ2) is 9.44. The van der Waals surface area contributed by atoms with E-state index in [1.54, 1.807) is 0 Å².